The minimum Gasteiger partial charge on any atom is -0.507 e. The molecule has 3 rings (SSSR count). The summed E-state index contributed by atoms with van der Waals surface area (Å²) in [5.74, 6) is 0.693. The molecule has 6 heteroatoms. The number of likely N-dealkylation sites (N-methyl/N-ethyl adjacent to an activating group) is 2. The van der Waals surface area contributed by atoms with Gasteiger partial charge < -0.3 is 10.2 Å². The molecule has 0 saturated heterocycles. The van der Waals surface area contributed by atoms with Crippen molar-refractivity contribution in [2.45, 2.75) is 92.4 Å². The topological polar surface area (TPSA) is 71.7 Å². The van der Waals surface area contributed by atoms with E-state index in [9.17, 15) is 10.2 Å². The summed E-state index contributed by atoms with van der Waals surface area (Å²) in [7, 11) is 4.36. The summed E-state index contributed by atoms with van der Waals surface area (Å²) in [5, 5.41) is 22.3. The molecule has 0 heterocycles. The molecular weight excluding hydrogens is 472 g/mol. The number of nitrogens with zero attached hydrogens (tertiary/aromatic N) is 4. The molecule has 208 valence electrons. The van der Waals surface area contributed by atoms with Crippen molar-refractivity contribution >= 4 is 11.4 Å². The summed E-state index contributed by atoms with van der Waals surface area (Å²) in [4.78, 5) is 13.9. The van der Waals surface area contributed by atoms with E-state index < -0.39 is 0 Å². The van der Waals surface area contributed by atoms with Crippen LogP contribution in [0.3, 0.4) is 0 Å². The molecule has 2 aromatic rings. The number of hydrogen-bond acceptors (Lipinski definition) is 6. The monoisotopic (exact) mass is 520 g/mol. The van der Waals surface area contributed by atoms with E-state index in [0.29, 0.717) is 49.8 Å². The first-order valence-electron chi connectivity index (χ1n) is 14.2. The summed E-state index contributed by atoms with van der Waals surface area (Å²) in [6, 6.07) is 8.97. The predicted molar refractivity (Wildman–Crippen MR) is 160 cm³/mol. The lowest BCUT2D eigenvalue weighted by atomic mass is 9.87. The number of aryl methyl sites for hydroxylation is 2. The summed E-state index contributed by atoms with van der Waals surface area (Å²) >= 11 is 0. The van der Waals surface area contributed by atoms with Crippen LogP contribution in [0.1, 0.15) is 86.8 Å². The molecule has 2 atom stereocenters. The van der Waals surface area contributed by atoms with Gasteiger partial charge in [0.2, 0.25) is 0 Å². The number of rotatable bonds is 10. The van der Waals surface area contributed by atoms with Crippen molar-refractivity contribution < 1.29 is 10.2 Å². The van der Waals surface area contributed by atoms with E-state index in [-0.39, 0.29) is 0 Å². The Kier molecular flexibility index (Phi) is 10.5. The molecule has 0 aliphatic heterocycles. The van der Waals surface area contributed by atoms with Crippen LogP contribution in [0.4, 0.5) is 0 Å². The van der Waals surface area contributed by atoms with Gasteiger partial charge in [-0.05, 0) is 91.7 Å². The van der Waals surface area contributed by atoms with Gasteiger partial charge >= 0.3 is 0 Å². The maximum absolute atomic E-state index is 11.1. The average molecular weight is 521 g/mol. The van der Waals surface area contributed by atoms with Gasteiger partial charge in [-0.2, -0.15) is 0 Å². The fourth-order valence-electron chi connectivity index (χ4n) is 6.04. The molecule has 0 spiro atoms. The van der Waals surface area contributed by atoms with Crippen LogP contribution in [0.25, 0.3) is 0 Å². The Labute approximate surface area is 230 Å². The standard InChI is InChI=1S/C32H48N4O2/c1-9-33-23(5)27-17-21(3)15-25(31(27)37)19-35(7)29-13-11-12-14-30(29)36(8)20-26-16-22(4)18-28(32(26)38)24(6)34-10-2/h15-18,29-30,37-38H,9-14,19-20H2,1-8H3/b33-23+,34-24+. The Morgan fingerprint density at radius 1 is 0.737 bits per heavy atom. The Morgan fingerprint density at radius 3 is 1.45 bits per heavy atom. The SMILES string of the molecule is CC/N=C(\C)c1cc(C)cc(CN(C)C2CCCCC2N(C)Cc2cc(C)cc(/C(C)=N/CC)c2O)c1O. The lowest BCUT2D eigenvalue weighted by molar-refractivity contribution is 0.0685. The van der Waals surface area contributed by atoms with E-state index in [4.69, 9.17) is 0 Å². The van der Waals surface area contributed by atoms with Crippen molar-refractivity contribution in [3.63, 3.8) is 0 Å². The van der Waals surface area contributed by atoms with Crippen molar-refractivity contribution in [1.82, 2.24) is 9.80 Å². The molecule has 1 aliphatic carbocycles. The van der Waals surface area contributed by atoms with Crippen molar-refractivity contribution in [2.24, 2.45) is 9.98 Å². The molecule has 1 fully saturated rings. The smallest absolute Gasteiger partial charge is 0.129 e. The third-order valence-electron chi connectivity index (χ3n) is 7.90. The summed E-state index contributed by atoms with van der Waals surface area (Å²) in [6.45, 7) is 14.9. The highest BCUT2D eigenvalue weighted by Gasteiger charge is 2.32. The summed E-state index contributed by atoms with van der Waals surface area (Å²) in [6.07, 6.45) is 4.65. The number of hydrogen-bond donors (Lipinski definition) is 2. The quantitative estimate of drug-likeness (QED) is 0.363. The Balaban J connectivity index is 1.84. The maximum atomic E-state index is 11.1. The van der Waals surface area contributed by atoms with Crippen LogP contribution in [-0.2, 0) is 13.1 Å². The number of aliphatic imine (C=N–C) groups is 2. The molecule has 0 amide bonds. The van der Waals surface area contributed by atoms with Gasteiger partial charge in [0.15, 0.2) is 0 Å². The highest BCUT2D eigenvalue weighted by atomic mass is 16.3. The first kappa shape index (κ1) is 29.9. The van der Waals surface area contributed by atoms with E-state index in [1.165, 1.54) is 12.8 Å². The summed E-state index contributed by atoms with van der Waals surface area (Å²) in [5.41, 5.74) is 7.60. The molecule has 2 unspecified atom stereocenters. The lowest BCUT2D eigenvalue weighted by Crippen LogP contribution is -2.50. The van der Waals surface area contributed by atoms with Gasteiger partial charge in [-0.25, -0.2) is 0 Å². The fourth-order valence-corrected chi connectivity index (χ4v) is 6.04. The van der Waals surface area contributed by atoms with Gasteiger partial charge in [-0.15, -0.1) is 0 Å². The summed E-state index contributed by atoms with van der Waals surface area (Å²) < 4.78 is 0. The van der Waals surface area contributed by atoms with E-state index in [2.05, 4.69) is 59.9 Å². The zero-order valence-electron chi connectivity index (χ0n) is 24.8. The number of phenols is 2. The highest BCUT2D eigenvalue weighted by Crippen LogP contribution is 2.33. The van der Waals surface area contributed by atoms with E-state index in [1.807, 2.05) is 39.8 Å². The van der Waals surface area contributed by atoms with Crippen molar-refractivity contribution in [3.8, 4) is 11.5 Å². The van der Waals surface area contributed by atoms with Gasteiger partial charge in [0, 0.05) is 71.9 Å². The fraction of sp³-hybridized carbons (Fsp3) is 0.562. The average Bonchev–Trinajstić information content (AvgIpc) is 2.88. The van der Waals surface area contributed by atoms with Crippen LogP contribution in [0.2, 0.25) is 0 Å². The molecule has 6 nitrogen and oxygen atoms in total. The maximum Gasteiger partial charge on any atom is 0.129 e. The molecule has 2 aromatic carbocycles. The van der Waals surface area contributed by atoms with Crippen LogP contribution in [0.15, 0.2) is 34.3 Å². The Bertz CT molecular complexity index is 1080. The first-order valence-corrected chi connectivity index (χ1v) is 14.2. The number of aromatic hydroxyl groups is 2. The van der Waals surface area contributed by atoms with Gasteiger partial charge in [0.1, 0.15) is 11.5 Å². The molecule has 1 aliphatic rings. The third kappa shape index (κ3) is 7.03. The normalized spacial score (nSPS) is 19.0. The minimum atomic E-state index is 0.346. The molecule has 0 radical (unpaired) electrons. The zero-order chi connectivity index (χ0) is 28.0. The highest BCUT2D eigenvalue weighted by molar-refractivity contribution is 6.02. The lowest BCUT2D eigenvalue weighted by Gasteiger charge is -2.43. The van der Waals surface area contributed by atoms with Crippen molar-refractivity contribution in [2.75, 3.05) is 27.2 Å². The molecule has 0 bridgehead atoms. The molecule has 1 saturated carbocycles. The largest absolute Gasteiger partial charge is 0.507 e. The second-order valence-electron chi connectivity index (χ2n) is 11.0. The minimum absolute atomic E-state index is 0.346. The second-order valence-corrected chi connectivity index (χ2v) is 11.0. The van der Waals surface area contributed by atoms with Crippen LogP contribution in [0, 0.1) is 13.8 Å². The first-order chi connectivity index (χ1) is 18.1. The van der Waals surface area contributed by atoms with Crippen LogP contribution in [-0.4, -0.2) is 70.7 Å². The second kappa shape index (κ2) is 13.4. The Hall–Kier alpha value is -2.70. The van der Waals surface area contributed by atoms with Crippen LogP contribution < -0.4 is 0 Å². The van der Waals surface area contributed by atoms with Crippen molar-refractivity contribution in [3.05, 3.63) is 57.6 Å². The van der Waals surface area contributed by atoms with Gasteiger partial charge in [-0.3, -0.25) is 19.8 Å². The predicted octanol–water partition coefficient (Wildman–Crippen LogP) is 6.25. The molecular formula is C32H48N4O2. The third-order valence-corrected chi connectivity index (χ3v) is 7.90. The van der Waals surface area contributed by atoms with Crippen LogP contribution >= 0.6 is 0 Å². The number of phenolic OH excluding ortho intramolecular Hbond substituents is 2. The molecule has 38 heavy (non-hydrogen) atoms. The van der Waals surface area contributed by atoms with Gasteiger partial charge in [0.25, 0.3) is 0 Å². The van der Waals surface area contributed by atoms with Crippen LogP contribution in [0.5, 0.6) is 11.5 Å². The molecule has 2 N–H and O–H groups in total. The van der Waals surface area contributed by atoms with Gasteiger partial charge in [0.05, 0.1) is 0 Å². The Morgan fingerprint density at radius 2 is 1.11 bits per heavy atom. The van der Waals surface area contributed by atoms with E-state index in [1.54, 1.807) is 0 Å². The van der Waals surface area contributed by atoms with E-state index >= 15 is 0 Å². The van der Waals surface area contributed by atoms with E-state index in [0.717, 1.165) is 57.6 Å². The van der Waals surface area contributed by atoms with Crippen molar-refractivity contribution in [1.29, 1.82) is 0 Å². The number of benzene rings is 2. The zero-order valence-corrected chi connectivity index (χ0v) is 24.8. The van der Waals surface area contributed by atoms with Gasteiger partial charge in [-0.1, -0.05) is 25.0 Å². The molecule has 0 aromatic heterocycles.